The van der Waals surface area contributed by atoms with Crippen molar-refractivity contribution in [2.75, 3.05) is 6.54 Å². The molecule has 2 atom stereocenters. The molecular weight excluding hydrogens is 284 g/mol. The molecule has 1 fully saturated rings. The van der Waals surface area contributed by atoms with Crippen LogP contribution in [-0.4, -0.2) is 28.5 Å². The van der Waals surface area contributed by atoms with Crippen LogP contribution in [0.25, 0.3) is 11.1 Å². The largest absolute Gasteiger partial charge is 0.481 e. The third-order valence-corrected chi connectivity index (χ3v) is 4.23. The maximum Gasteiger partial charge on any atom is 0.307 e. The van der Waals surface area contributed by atoms with Crippen LogP contribution >= 0.6 is 0 Å². The van der Waals surface area contributed by atoms with Crippen molar-refractivity contribution in [3.8, 4) is 0 Å². The minimum atomic E-state index is -0.888. The highest BCUT2D eigenvalue weighted by molar-refractivity contribution is 5.86. The molecule has 116 valence electrons. The summed E-state index contributed by atoms with van der Waals surface area (Å²) in [5.41, 5.74) is 2.63. The first kappa shape index (κ1) is 14.6. The summed E-state index contributed by atoms with van der Waals surface area (Å²) in [6, 6.07) is 5.75. The summed E-state index contributed by atoms with van der Waals surface area (Å²) in [6.07, 6.45) is 1.72. The molecule has 6 nitrogen and oxygen atoms in total. The highest BCUT2D eigenvalue weighted by atomic mass is 16.4. The SMILES string of the molecule is Cc1cccc2oc(CCNC(=O)C3CCC3C(=O)O)nc12. The van der Waals surface area contributed by atoms with Crippen LogP contribution in [0.2, 0.25) is 0 Å². The van der Waals surface area contributed by atoms with Crippen molar-refractivity contribution in [1.29, 1.82) is 0 Å². The number of para-hydroxylation sites is 1. The van der Waals surface area contributed by atoms with Crippen LogP contribution in [-0.2, 0) is 16.0 Å². The zero-order valence-electron chi connectivity index (χ0n) is 12.3. The van der Waals surface area contributed by atoms with E-state index in [1.54, 1.807) is 0 Å². The number of benzene rings is 1. The number of rotatable bonds is 5. The lowest BCUT2D eigenvalue weighted by Gasteiger charge is -2.31. The van der Waals surface area contributed by atoms with Gasteiger partial charge in [-0.3, -0.25) is 9.59 Å². The van der Waals surface area contributed by atoms with Crippen LogP contribution in [0.3, 0.4) is 0 Å². The molecule has 1 saturated carbocycles. The number of nitrogens with zero attached hydrogens (tertiary/aromatic N) is 1. The molecule has 1 aromatic carbocycles. The Kier molecular flexibility index (Phi) is 3.83. The summed E-state index contributed by atoms with van der Waals surface area (Å²) in [5, 5.41) is 11.7. The number of aliphatic carboxylic acids is 1. The van der Waals surface area contributed by atoms with Crippen LogP contribution in [0.15, 0.2) is 22.6 Å². The van der Waals surface area contributed by atoms with Gasteiger partial charge in [0.1, 0.15) is 5.52 Å². The molecule has 0 radical (unpaired) electrons. The topological polar surface area (TPSA) is 92.4 Å². The van der Waals surface area contributed by atoms with Gasteiger partial charge < -0.3 is 14.8 Å². The van der Waals surface area contributed by atoms with E-state index in [9.17, 15) is 9.59 Å². The fraction of sp³-hybridized carbons (Fsp3) is 0.438. The van der Waals surface area contributed by atoms with Gasteiger partial charge in [0, 0.05) is 13.0 Å². The molecule has 22 heavy (non-hydrogen) atoms. The average Bonchev–Trinajstić information content (AvgIpc) is 2.81. The Hall–Kier alpha value is -2.37. The van der Waals surface area contributed by atoms with E-state index in [0.29, 0.717) is 31.7 Å². The van der Waals surface area contributed by atoms with E-state index in [2.05, 4.69) is 10.3 Å². The molecule has 0 spiro atoms. The fourth-order valence-corrected chi connectivity index (χ4v) is 2.77. The van der Waals surface area contributed by atoms with E-state index in [0.717, 1.165) is 16.7 Å². The van der Waals surface area contributed by atoms with Crippen molar-refractivity contribution in [2.24, 2.45) is 11.8 Å². The van der Waals surface area contributed by atoms with Crippen molar-refractivity contribution >= 4 is 23.0 Å². The first-order valence-electron chi connectivity index (χ1n) is 7.42. The maximum absolute atomic E-state index is 11.9. The second-order valence-corrected chi connectivity index (χ2v) is 5.70. The molecule has 2 N–H and O–H groups in total. The molecule has 1 amide bonds. The second-order valence-electron chi connectivity index (χ2n) is 5.70. The summed E-state index contributed by atoms with van der Waals surface area (Å²) < 4.78 is 5.63. The molecule has 6 heteroatoms. The molecular formula is C16H18N2O4. The molecule has 1 aliphatic carbocycles. The van der Waals surface area contributed by atoms with Crippen LogP contribution < -0.4 is 5.32 Å². The van der Waals surface area contributed by atoms with E-state index < -0.39 is 17.8 Å². The number of carboxylic acids is 1. The van der Waals surface area contributed by atoms with E-state index in [4.69, 9.17) is 9.52 Å². The van der Waals surface area contributed by atoms with Gasteiger partial charge in [-0.15, -0.1) is 0 Å². The number of carboxylic acid groups (broad SMARTS) is 1. The van der Waals surface area contributed by atoms with Crippen LogP contribution in [0.4, 0.5) is 0 Å². The summed E-state index contributed by atoms with van der Waals surface area (Å²) in [7, 11) is 0. The number of hydrogen-bond donors (Lipinski definition) is 2. The van der Waals surface area contributed by atoms with E-state index in [1.165, 1.54) is 0 Å². The predicted octanol–water partition coefficient (Wildman–Crippen LogP) is 1.91. The Morgan fingerprint density at radius 3 is 2.77 bits per heavy atom. The lowest BCUT2D eigenvalue weighted by Crippen LogP contribution is -2.44. The van der Waals surface area contributed by atoms with Crippen LogP contribution in [0.5, 0.6) is 0 Å². The lowest BCUT2D eigenvalue weighted by atomic mass is 9.73. The van der Waals surface area contributed by atoms with Crippen LogP contribution in [0.1, 0.15) is 24.3 Å². The number of amides is 1. The molecule has 0 bridgehead atoms. The number of nitrogens with one attached hydrogen (secondary N) is 1. The highest BCUT2D eigenvalue weighted by Crippen LogP contribution is 2.34. The van der Waals surface area contributed by atoms with Gasteiger partial charge in [0.25, 0.3) is 0 Å². The maximum atomic E-state index is 11.9. The summed E-state index contributed by atoms with van der Waals surface area (Å²) in [5.74, 6) is -1.44. The van der Waals surface area contributed by atoms with Gasteiger partial charge in [-0.2, -0.15) is 0 Å². The van der Waals surface area contributed by atoms with Crippen molar-refractivity contribution in [1.82, 2.24) is 10.3 Å². The van der Waals surface area contributed by atoms with Gasteiger partial charge in [-0.25, -0.2) is 4.98 Å². The van der Waals surface area contributed by atoms with E-state index >= 15 is 0 Å². The van der Waals surface area contributed by atoms with Gasteiger partial charge >= 0.3 is 5.97 Å². The fourth-order valence-electron chi connectivity index (χ4n) is 2.77. The number of oxazole rings is 1. The normalized spacial score (nSPS) is 20.6. The van der Waals surface area contributed by atoms with Gasteiger partial charge in [0.15, 0.2) is 11.5 Å². The van der Waals surface area contributed by atoms with Gasteiger partial charge in [0.05, 0.1) is 11.8 Å². The highest BCUT2D eigenvalue weighted by Gasteiger charge is 2.41. The van der Waals surface area contributed by atoms with E-state index in [-0.39, 0.29) is 5.91 Å². The molecule has 1 aliphatic rings. The third kappa shape index (κ3) is 2.68. The number of carbonyl (C=O) groups excluding carboxylic acids is 1. The Bertz CT molecular complexity index is 722. The smallest absolute Gasteiger partial charge is 0.307 e. The Labute approximate surface area is 127 Å². The van der Waals surface area contributed by atoms with Crippen molar-refractivity contribution in [2.45, 2.75) is 26.2 Å². The number of fused-ring (bicyclic) bond motifs is 1. The van der Waals surface area contributed by atoms with Gasteiger partial charge in [-0.05, 0) is 31.4 Å². The first-order chi connectivity index (χ1) is 10.6. The molecule has 3 rings (SSSR count). The third-order valence-electron chi connectivity index (χ3n) is 4.23. The summed E-state index contributed by atoms with van der Waals surface area (Å²) in [4.78, 5) is 27.3. The molecule has 0 aliphatic heterocycles. The number of carbonyl (C=O) groups is 2. The molecule has 1 aromatic heterocycles. The van der Waals surface area contributed by atoms with Crippen molar-refractivity contribution < 1.29 is 19.1 Å². The Morgan fingerprint density at radius 2 is 2.14 bits per heavy atom. The molecule has 1 heterocycles. The lowest BCUT2D eigenvalue weighted by molar-refractivity contribution is -0.152. The van der Waals surface area contributed by atoms with E-state index in [1.807, 2.05) is 25.1 Å². The quantitative estimate of drug-likeness (QED) is 0.880. The van der Waals surface area contributed by atoms with Gasteiger partial charge in [-0.1, -0.05) is 12.1 Å². The number of hydrogen-bond acceptors (Lipinski definition) is 4. The standard InChI is InChI=1S/C16H18N2O4/c1-9-3-2-4-12-14(9)18-13(22-12)7-8-17-15(19)10-5-6-11(10)16(20)21/h2-4,10-11H,5-8H2,1H3,(H,17,19)(H,20,21). The zero-order valence-corrected chi connectivity index (χ0v) is 12.3. The van der Waals surface area contributed by atoms with Gasteiger partial charge in [0.2, 0.25) is 5.91 Å². The van der Waals surface area contributed by atoms with Crippen molar-refractivity contribution in [3.05, 3.63) is 29.7 Å². The molecule has 2 unspecified atom stereocenters. The first-order valence-corrected chi connectivity index (χ1v) is 7.42. The average molecular weight is 302 g/mol. The second kappa shape index (κ2) is 5.79. The molecule has 0 saturated heterocycles. The van der Waals surface area contributed by atoms with Crippen molar-refractivity contribution in [3.63, 3.8) is 0 Å². The number of aromatic nitrogens is 1. The zero-order chi connectivity index (χ0) is 15.7. The summed E-state index contributed by atoms with van der Waals surface area (Å²) >= 11 is 0. The molecule has 2 aromatic rings. The summed E-state index contributed by atoms with van der Waals surface area (Å²) in [6.45, 7) is 2.37. The van der Waals surface area contributed by atoms with Crippen LogP contribution in [0, 0.1) is 18.8 Å². The minimum absolute atomic E-state index is 0.189. The predicted molar refractivity (Wildman–Crippen MR) is 79.3 cm³/mol. The Morgan fingerprint density at radius 1 is 1.36 bits per heavy atom. The Balaban J connectivity index is 1.55. The minimum Gasteiger partial charge on any atom is -0.481 e. The number of aryl methyl sites for hydroxylation is 1. The monoisotopic (exact) mass is 302 g/mol.